The summed E-state index contributed by atoms with van der Waals surface area (Å²) in [5.74, 6) is 0.736. The molecule has 62 heavy (non-hydrogen) atoms. The first-order valence-corrected chi connectivity index (χ1v) is 22.5. The number of benzene rings is 9. The fraction of sp³-hybridized carbons (Fsp3) is 0. The first-order chi connectivity index (χ1) is 30.8. The monoisotopic (exact) mass is 824 g/mol. The molecule has 0 bridgehead atoms. The van der Waals surface area contributed by atoms with Crippen LogP contribution in [0, 0.1) is 0 Å². The van der Waals surface area contributed by atoms with Crippen LogP contribution >= 0.6 is 22.7 Å². The first kappa shape index (κ1) is 34.1. The lowest BCUT2D eigenvalue weighted by molar-refractivity contribution is 1.17. The summed E-state index contributed by atoms with van der Waals surface area (Å²) in [7, 11) is 0. The topological polar surface area (TPSA) is 35.6 Å². The molecule has 0 radical (unpaired) electrons. The van der Waals surface area contributed by atoms with Gasteiger partial charge in [-0.05, 0) is 60.7 Å². The van der Waals surface area contributed by atoms with Crippen LogP contribution in [-0.4, -0.2) is 19.1 Å². The van der Waals surface area contributed by atoms with Gasteiger partial charge in [0, 0.05) is 90.5 Å². The highest BCUT2D eigenvalue weighted by molar-refractivity contribution is 7.27. The lowest BCUT2D eigenvalue weighted by atomic mass is 10.00. The molecule has 14 rings (SSSR count). The molecule has 14 aromatic rings. The molecule has 288 valence electrons. The fourth-order valence-corrected chi connectivity index (χ4v) is 12.4. The van der Waals surface area contributed by atoms with Crippen LogP contribution in [0.5, 0.6) is 0 Å². The highest BCUT2D eigenvalue weighted by Crippen LogP contribution is 2.49. The second kappa shape index (κ2) is 12.9. The molecule has 0 aliphatic carbocycles. The minimum absolute atomic E-state index is 0.736. The van der Waals surface area contributed by atoms with Crippen molar-refractivity contribution in [3.05, 3.63) is 194 Å². The van der Waals surface area contributed by atoms with Crippen LogP contribution in [0.15, 0.2) is 194 Å². The van der Waals surface area contributed by atoms with Crippen molar-refractivity contribution in [1.82, 2.24) is 19.1 Å². The molecule has 0 saturated carbocycles. The van der Waals surface area contributed by atoms with E-state index in [0.29, 0.717) is 0 Å². The predicted octanol–water partition coefficient (Wildman–Crippen LogP) is 15.9. The third-order valence-electron chi connectivity index (χ3n) is 12.7. The third-order valence-corrected chi connectivity index (χ3v) is 15.0. The Bertz CT molecular complexity index is 4150. The fourth-order valence-electron chi connectivity index (χ4n) is 10.1. The van der Waals surface area contributed by atoms with E-state index in [1.54, 1.807) is 11.3 Å². The molecule has 0 saturated heterocycles. The summed E-state index contributed by atoms with van der Waals surface area (Å²) < 4.78 is 8.80. The van der Waals surface area contributed by atoms with E-state index >= 15 is 0 Å². The van der Waals surface area contributed by atoms with E-state index in [9.17, 15) is 0 Å². The van der Waals surface area contributed by atoms with Crippen LogP contribution in [0.1, 0.15) is 0 Å². The van der Waals surface area contributed by atoms with Gasteiger partial charge in [-0.3, -0.25) is 0 Å². The number of thiophene rings is 2. The largest absolute Gasteiger partial charge is 0.309 e. The molecule has 0 unspecified atom stereocenters. The summed E-state index contributed by atoms with van der Waals surface area (Å²) in [4.78, 5) is 11.6. The number of aromatic nitrogens is 4. The maximum atomic E-state index is 5.40. The quantitative estimate of drug-likeness (QED) is 0.177. The van der Waals surface area contributed by atoms with Crippen molar-refractivity contribution >= 4 is 118 Å². The van der Waals surface area contributed by atoms with Gasteiger partial charge >= 0.3 is 0 Å². The van der Waals surface area contributed by atoms with Crippen molar-refractivity contribution in [3.8, 4) is 34.0 Å². The molecule has 0 spiro atoms. The smallest absolute Gasteiger partial charge is 0.161 e. The van der Waals surface area contributed by atoms with Gasteiger partial charge in [-0.2, -0.15) is 0 Å². The van der Waals surface area contributed by atoms with E-state index < -0.39 is 0 Å². The average molecular weight is 825 g/mol. The Kier molecular flexibility index (Phi) is 7.11. The molecular weight excluding hydrogens is 793 g/mol. The van der Waals surface area contributed by atoms with Gasteiger partial charge in [0.1, 0.15) is 4.83 Å². The Hall–Kier alpha value is -7.64. The Morgan fingerprint density at radius 1 is 0.355 bits per heavy atom. The van der Waals surface area contributed by atoms with Crippen molar-refractivity contribution in [2.45, 2.75) is 0 Å². The van der Waals surface area contributed by atoms with Crippen molar-refractivity contribution < 1.29 is 0 Å². The number of hydrogen-bond donors (Lipinski definition) is 0. The van der Waals surface area contributed by atoms with Gasteiger partial charge in [-0.25, -0.2) is 9.97 Å². The normalized spacial score (nSPS) is 12.2. The molecule has 4 nitrogen and oxygen atoms in total. The zero-order chi connectivity index (χ0) is 40.5. The molecule has 5 heterocycles. The van der Waals surface area contributed by atoms with Crippen LogP contribution < -0.4 is 0 Å². The predicted molar refractivity (Wildman–Crippen MR) is 265 cm³/mol. The van der Waals surface area contributed by atoms with Gasteiger partial charge in [-0.15, -0.1) is 22.7 Å². The van der Waals surface area contributed by atoms with Crippen LogP contribution in [0.2, 0.25) is 0 Å². The summed E-state index contributed by atoms with van der Waals surface area (Å²) >= 11 is 3.64. The minimum atomic E-state index is 0.736. The van der Waals surface area contributed by atoms with Gasteiger partial charge < -0.3 is 9.13 Å². The zero-order valence-electron chi connectivity index (χ0n) is 33.1. The Morgan fingerprint density at radius 3 is 1.74 bits per heavy atom. The lowest BCUT2D eigenvalue weighted by Gasteiger charge is -2.12. The molecule has 5 aromatic heterocycles. The summed E-state index contributed by atoms with van der Waals surface area (Å²) in [5.41, 5.74) is 10.0. The van der Waals surface area contributed by atoms with Crippen LogP contribution in [0.3, 0.4) is 0 Å². The zero-order valence-corrected chi connectivity index (χ0v) is 34.7. The number of rotatable bonds is 4. The van der Waals surface area contributed by atoms with Crippen LogP contribution in [-0.2, 0) is 0 Å². The summed E-state index contributed by atoms with van der Waals surface area (Å²) in [6.07, 6.45) is 0. The van der Waals surface area contributed by atoms with Gasteiger partial charge in [0.15, 0.2) is 5.82 Å². The van der Waals surface area contributed by atoms with E-state index in [1.165, 1.54) is 73.6 Å². The molecule has 0 amide bonds. The van der Waals surface area contributed by atoms with Crippen molar-refractivity contribution in [2.24, 2.45) is 0 Å². The molecule has 0 aliphatic heterocycles. The molecule has 0 atom stereocenters. The highest BCUT2D eigenvalue weighted by Gasteiger charge is 2.24. The molecule has 0 fully saturated rings. The Balaban J connectivity index is 1.10. The van der Waals surface area contributed by atoms with E-state index in [1.807, 2.05) is 17.4 Å². The van der Waals surface area contributed by atoms with Crippen molar-refractivity contribution in [3.63, 3.8) is 0 Å². The van der Waals surface area contributed by atoms with Crippen molar-refractivity contribution in [1.29, 1.82) is 0 Å². The van der Waals surface area contributed by atoms with Crippen LogP contribution in [0.25, 0.3) is 129 Å². The average Bonchev–Trinajstić information content (AvgIpc) is 4.09. The molecular formula is C56H32N4S2. The second-order valence-electron chi connectivity index (χ2n) is 16.1. The van der Waals surface area contributed by atoms with Crippen LogP contribution in [0.4, 0.5) is 0 Å². The lowest BCUT2D eigenvalue weighted by Crippen LogP contribution is -1.96. The minimum Gasteiger partial charge on any atom is -0.309 e. The Labute approximate surface area is 362 Å². The summed E-state index contributed by atoms with van der Waals surface area (Å²) in [6.45, 7) is 0. The molecule has 0 N–H and O–H groups in total. The van der Waals surface area contributed by atoms with E-state index in [-0.39, 0.29) is 0 Å². The number of hydrogen-bond acceptors (Lipinski definition) is 4. The molecule has 6 heteroatoms. The molecule has 0 aliphatic rings. The number of para-hydroxylation sites is 2. The maximum absolute atomic E-state index is 5.40. The second-order valence-corrected chi connectivity index (χ2v) is 18.2. The number of nitrogens with zero attached hydrogens (tertiary/aromatic N) is 4. The molecule has 9 aromatic carbocycles. The van der Waals surface area contributed by atoms with Gasteiger partial charge in [0.05, 0.1) is 27.8 Å². The Morgan fingerprint density at radius 2 is 0.952 bits per heavy atom. The summed E-state index contributed by atoms with van der Waals surface area (Å²) in [5, 5.41) is 12.4. The third kappa shape index (κ3) is 4.76. The summed E-state index contributed by atoms with van der Waals surface area (Å²) in [6, 6.07) is 70.5. The van der Waals surface area contributed by atoms with Gasteiger partial charge in [-0.1, -0.05) is 133 Å². The SMILES string of the molecule is c1ccc(-c2nc(-c3ccc4c(c3)c3cc(-n5c6ccccc6c6c7c8ccccc8sc7c7ccccc7c65)ccc3n4-c3ccccc3)c3c(n2)sc2ccccc23)cc1. The number of fused-ring (bicyclic) bond motifs is 16. The maximum Gasteiger partial charge on any atom is 0.161 e. The highest BCUT2D eigenvalue weighted by atomic mass is 32.1. The van der Waals surface area contributed by atoms with E-state index in [4.69, 9.17) is 9.97 Å². The van der Waals surface area contributed by atoms with E-state index in [2.05, 4.69) is 197 Å². The first-order valence-electron chi connectivity index (χ1n) is 20.9. The van der Waals surface area contributed by atoms with Gasteiger partial charge in [0.2, 0.25) is 0 Å². The van der Waals surface area contributed by atoms with Crippen molar-refractivity contribution in [2.75, 3.05) is 0 Å². The van der Waals surface area contributed by atoms with E-state index in [0.717, 1.165) is 55.3 Å². The van der Waals surface area contributed by atoms with Gasteiger partial charge in [0.25, 0.3) is 0 Å². The standard InChI is InChI=1S/C56H32N4S2/c1-3-15-33(16-4-1)55-57-52(51-41-23-11-14-26-48(41)62-56(51)58-55)34-27-29-45-42(31-34)43-32-36(28-30-46(43)59(45)35-17-5-2-6-18-35)60-44-24-12-9-21-39(44)49-50-40-22-10-13-25-47(40)61-54(50)38-20-8-7-19-37(38)53(49)60/h1-32H.